The number of nitrogens with one attached hydrogen (secondary N) is 1. The third-order valence-corrected chi connectivity index (χ3v) is 5.30. The van der Waals surface area contributed by atoms with Crippen LogP contribution in [-0.2, 0) is 0 Å². The molecule has 0 aromatic rings. The number of piperidine rings is 1. The zero-order chi connectivity index (χ0) is 12.4. The number of hydrogen-bond donors (Lipinski definition) is 1. The van der Waals surface area contributed by atoms with Crippen molar-refractivity contribution in [2.75, 3.05) is 39.3 Å². The Morgan fingerprint density at radius 3 is 2.84 bits per heavy atom. The average molecular weight is 288 g/mol. The van der Waals surface area contributed by atoms with Gasteiger partial charge in [-0.2, -0.15) is 0 Å². The highest BCUT2D eigenvalue weighted by molar-refractivity contribution is 5.85. The predicted octanol–water partition coefficient (Wildman–Crippen LogP) is 1.97. The van der Waals surface area contributed by atoms with Crippen molar-refractivity contribution < 1.29 is 0 Å². The second-order valence-corrected chi connectivity index (χ2v) is 6.64. The van der Waals surface area contributed by atoms with Gasteiger partial charge in [0.25, 0.3) is 0 Å². The van der Waals surface area contributed by atoms with Crippen LogP contribution in [0.3, 0.4) is 0 Å². The molecular formula is C15H30ClN3. The van der Waals surface area contributed by atoms with Gasteiger partial charge in [-0.05, 0) is 64.7 Å². The van der Waals surface area contributed by atoms with Crippen molar-refractivity contribution in [2.24, 2.45) is 5.92 Å². The van der Waals surface area contributed by atoms with Gasteiger partial charge in [0.05, 0.1) is 0 Å². The Bertz CT molecular complexity index is 268. The molecule has 3 fully saturated rings. The van der Waals surface area contributed by atoms with Crippen molar-refractivity contribution in [3.05, 3.63) is 0 Å². The summed E-state index contributed by atoms with van der Waals surface area (Å²) >= 11 is 0. The van der Waals surface area contributed by atoms with E-state index in [1.807, 2.05) is 0 Å². The molecule has 3 aliphatic heterocycles. The van der Waals surface area contributed by atoms with E-state index in [0.29, 0.717) is 0 Å². The van der Waals surface area contributed by atoms with Crippen LogP contribution < -0.4 is 5.32 Å². The van der Waals surface area contributed by atoms with Crippen molar-refractivity contribution in [2.45, 2.75) is 51.1 Å². The molecule has 3 heterocycles. The van der Waals surface area contributed by atoms with Crippen molar-refractivity contribution >= 4 is 12.4 Å². The molecule has 3 rings (SSSR count). The van der Waals surface area contributed by atoms with Gasteiger partial charge in [-0.25, -0.2) is 0 Å². The van der Waals surface area contributed by atoms with Gasteiger partial charge in [-0.15, -0.1) is 12.4 Å². The lowest BCUT2D eigenvalue weighted by atomic mass is 9.96. The van der Waals surface area contributed by atoms with Crippen LogP contribution in [0, 0.1) is 5.92 Å². The van der Waals surface area contributed by atoms with E-state index in [0.717, 1.165) is 18.0 Å². The summed E-state index contributed by atoms with van der Waals surface area (Å²) in [5.41, 5.74) is 0. The average Bonchev–Trinajstić information content (AvgIpc) is 2.89. The number of rotatable bonds is 3. The van der Waals surface area contributed by atoms with Gasteiger partial charge in [0, 0.05) is 25.2 Å². The van der Waals surface area contributed by atoms with Gasteiger partial charge < -0.3 is 5.32 Å². The largest absolute Gasteiger partial charge is 0.316 e. The van der Waals surface area contributed by atoms with Crippen molar-refractivity contribution in [1.29, 1.82) is 0 Å². The molecule has 4 heteroatoms. The smallest absolute Gasteiger partial charge is 0.0223 e. The molecule has 112 valence electrons. The maximum atomic E-state index is 3.49. The fraction of sp³-hybridized carbons (Fsp3) is 1.00. The fourth-order valence-corrected chi connectivity index (χ4v) is 4.03. The Kier molecular flexibility index (Phi) is 5.94. The van der Waals surface area contributed by atoms with E-state index in [-0.39, 0.29) is 12.4 Å². The van der Waals surface area contributed by atoms with E-state index in [1.54, 1.807) is 0 Å². The highest BCUT2D eigenvalue weighted by Crippen LogP contribution is 2.25. The molecule has 0 aromatic heterocycles. The van der Waals surface area contributed by atoms with Gasteiger partial charge in [0.2, 0.25) is 0 Å². The molecular weight excluding hydrogens is 258 g/mol. The van der Waals surface area contributed by atoms with Crippen LogP contribution in [0.1, 0.15) is 39.0 Å². The maximum absolute atomic E-state index is 3.49. The molecule has 1 N–H and O–H groups in total. The lowest BCUT2D eigenvalue weighted by Gasteiger charge is -2.47. The van der Waals surface area contributed by atoms with Crippen molar-refractivity contribution in [1.82, 2.24) is 15.1 Å². The summed E-state index contributed by atoms with van der Waals surface area (Å²) in [5.74, 6) is 0.946. The summed E-state index contributed by atoms with van der Waals surface area (Å²) in [5, 5.41) is 3.49. The van der Waals surface area contributed by atoms with E-state index in [9.17, 15) is 0 Å². The number of fused-ring (bicyclic) bond motifs is 1. The molecule has 0 saturated carbocycles. The van der Waals surface area contributed by atoms with Gasteiger partial charge in [0.15, 0.2) is 0 Å². The zero-order valence-corrected chi connectivity index (χ0v) is 13.1. The minimum absolute atomic E-state index is 0. The summed E-state index contributed by atoms with van der Waals surface area (Å²) in [4.78, 5) is 5.52. The normalized spacial score (nSPS) is 36.8. The molecule has 3 unspecified atom stereocenters. The summed E-state index contributed by atoms with van der Waals surface area (Å²) in [6.45, 7) is 10.3. The Morgan fingerprint density at radius 1 is 1.16 bits per heavy atom. The first-order valence-electron chi connectivity index (χ1n) is 8.02. The number of piperazine rings is 1. The monoisotopic (exact) mass is 287 g/mol. The van der Waals surface area contributed by atoms with Gasteiger partial charge in [-0.1, -0.05) is 6.42 Å². The van der Waals surface area contributed by atoms with E-state index in [2.05, 4.69) is 22.0 Å². The third-order valence-electron chi connectivity index (χ3n) is 5.30. The molecule has 3 nitrogen and oxygen atoms in total. The Hall–Kier alpha value is 0.170. The highest BCUT2D eigenvalue weighted by atomic mass is 35.5. The van der Waals surface area contributed by atoms with Crippen LogP contribution in [0.4, 0.5) is 0 Å². The molecule has 19 heavy (non-hydrogen) atoms. The highest BCUT2D eigenvalue weighted by Gasteiger charge is 2.32. The van der Waals surface area contributed by atoms with E-state index in [4.69, 9.17) is 0 Å². The van der Waals surface area contributed by atoms with E-state index < -0.39 is 0 Å². The van der Waals surface area contributed by atoms with Crippen molar-refractivity contribution in [3.63, 3.8) is 0 Å². The fourth-order valence-electron chi connectivity index (χ4n) is 4.03. The summed E-state index contributed by atoms with van der Waals surface area (Å²) < 4.78 is 0. The van der Waals surface area contributed by atoms with Crippen LogP contribution in [0.25, 0.3) is 0 Å². The van der Waals surface area contributed by atoms with Crippen LogP contribution in [0.15, 0.2) is 0 Å². The first kappa shape index (κ1) is 15.6. The molecule has 0 aliphatic carbocycles. The molecule has 0 bridgehead atoms. The molecule has 0 amide bonds. The van der Waals surface area contributed by atoms with Crippen molar-refractivity contribution in [3.8, 4) is 0 Å². The van der Waals surface area contributed by atoms with Crippen LogP contribution in [0.5, 0.6) is 0 Å². The Labute approximate surface area is 124 Å². The molecule has 3 saturated heterocycles. The SMILES string of the molecule is CC1CN2CCCCC2CN1CCC1CCNC1.Cl. The van der Waals surface area contributed by atoms with Crippen LogP contribution in [-0.4, -0.2) is 61.2 Å². The third kappa shape index (κ3) is 3.84. The van der Waals surface area contributed by atoms with Gasteiger partial charge in [-0.3, -0.25) is 9.80 Å². The Morgan fingerprint density at radius 2 is 2.05 bits per heavy atom. The zero-order valence-electron chi connectivity index (χ0n) is 12.3. The molecule has 3 atom stereocenters. The summed E-state index contributed by atoms with van der Waals surface area (Å²) in [6.07, 6.45) is 7.13. The van der Waals surface area contributed by atoms with E-state index >= 15 is 0 Å². The lowest BCUT2D eigenvalue weighted by molar-refractivity contribution is 0.0131. The molecule has 0 spiro atoms. The lowest BCUT2D eigenvalue weighted by Crippen LogP contribution is -2.58. The molecule has 3 aliphatic rings. The van der Waals surface area contributed by atoms with Crippen LogP contribution >= 0.6 is 12.4 Å². The standard InChI is InChI=1S/C15H29N3.ClH/c1-13-11-18-8-3-2-4-15(18)12-17(13)9-6-14-5-7-16-10-14;/h13-16H,2-12H2,1H3;1H. The maximum Gasteiger partial charge on any atom is 0.0223 e. The first-order chi connectivity index (χ1) is 8.83. The summed E-state index contributed by atoms with van der Waals surface area (Å²) in [7, 11) is 0. The van der Waals surface area contributed by atoms with E-state index in [1.165, 1.54) is 71.4 Å². The number of nitrogens with zero attached hydrogens (tertiary/aromatic N) is 2. The minimum Gasteiger partial charge on any atom is -0.316 e. The molecule has 0 radical (unpaired) electrons. The summed E-state index contributed by atoms with van der Waals surface area (Å²) in [6, 6.07) is 1.64. The second-order valence-electron chi connectivity index (χ2n) is 6.64. The molecule has 0 aromatic carbocycles. The van der Waals surface area contributed by atoms with Gasteiger partial charge >= 0.3 is 0 Å². The first-order valence-corrected chi connectivity index (χ1v) is 8.02. The Balaban J connectivity index is 0.00000133. The van der Waals surface area contributed by atoms with Crippen LogP contribution in [0.2, 0.25) is 0 Å². The second kappa shape index (κ2) is 7.26. The predicted molar refractivity (Wildman–Crippen MR) is 83.1 cm³/mol. The van der Waals surface area contributed by atoms with Gasteiger partial charge in [0.1, 0.15) is 0 Å². The minimum atomic E-state index is 0. The number of hydrogen-bond acceptors (Lipinski definition) is 3. The topological polar surface area (TPSA) is 18.5 Å². The quantitative estimate of drug-likeness (QED) is 0.856. The number of halogens is 1.